The topological polar surface area (TPSA) is 49.4 Å². The maximum Gasteiger partial charge on any atom is 0.242 e. The average molecular weight is 302 g/mol. The molecule has 120 valence electrons. The van der Waals surface area contributed by atoms with Gasteiger partial charge in [0.2, 0.25) is 5.91 Å². The Hall–Kier alpha value is -1.68. The Bertz CT molecular complexity index is 534. The first kappa shape index (κ1) is 16.7. The first-order valence-corrected chi connectivity index (χ1v) is 8.15. The van der Waals surface area contributed by atoms with Crippen molar-refractivity contribution in [3.8, 4) is 0 Å². The molecular formula is C18H26N2O2. The predicted octanol–water partition coefficient (Wildman–Crippen LogP) is 3.08. The quantitative estimate of drug-likeness (QED) is 0.909. The van der Waals surface area contributed by atoms with Crippen LogP contribution in [-0.2, 0) is 9.59 Å². The van der Waals surface area contributed by atoms with Gasteiger partial charge in [0.1, 0.15) is 5.78 Å². The highest BCUT2D eigenvalue weighted by Crippen LogP contribution is 2.22. The van der Waals surface area contributed by atoms with Crippen LogP contribution >= 0.6 is 0 Å². The van der Waals surface area contributed by atoms with Crippen LogP contribution in [0.4, 0.5) is 5.69 Å². The molecule has 4 nitrogen and oxygen atoms in total. The van der Waals surface area contributed by atoms with Crippen molar-refractivity contribution in [2.75, 3.05) is 18.4 Å². The molecule has 4 heteroatoms. The number of Topliss-reactive ketones (excluding diaryl/α,β-unsaturated/α-hetero) is 1. The van der Waals surface area contributed by atoms with Gasteiger partial charge in [0.05, 0.1) is 6.04 Å². The molecule has 22 heavy (non-hydrogen) atoms. The van der Waals surface area contributed by atoms with Crippen molar-refractivity contribution in [1.82, 2.24) is 4.90 Å². The number of hydrogen-bond donors (Lipinski definition) is 1. The Morgan fingerprint density at radius 1 is 1.32 bits per heavy atom. The maximum atomic E-state index is 12.7. The molecule has 2 rings (SSSR count). The lowest BCUT2D eigenvalue weighted by Gasteiger charge is -2.34. The Labute approximate surface area is 132 Å². The van der Waals surface area contributed by atoms with E-state index in [-0.39, 0.29) is 17.7 Å². The molecular weight excluding hydrogens is 276 g/mol. The molecule has 1 fully saturated rings. The highest BCUT2D eigenvalue weighted by atomic mass is 16.2. The van der Waals surface area contributed by atoms with E-state index < -0.39 is 0 Å². The number of benzene rings is 1. The lowest BCUT2D eigenvalue weighted by Crippen LogP contribution is -2.49. The number of likely N-dealkylation sites (tertiary alicyclic amines) is 1. The van der Waals surface area contributed by atoms with E-state index in [1.165, 1.54) is 0 Å². The molecule has 0 bridgehead atoms. The van der Waals surface area contributed by atoms with Gasteiger partial charge in [-0.25, -0.2) is 0 Å². The Morgan fingerprint density at radius 3 is 2.64 bits per heavy atom. The van der Waals surface area contributed by atoms with Crippen molar-refractivity contribution in [3.63, 3.8) is 0 Å². The second kappa shape index (κ2) is 7.54. The molecule has 0 aliphatic carbocycles. The standard InChI is InChI=1S/C18H26N2O2/c1-4-5-10-20-11-9-15(21)12-16(20)18(22)19-17-13(2)7-6-8-14(17)3/h6-8,16H,4-5,9-12H2,1-3H3,(H,19,22)/t16-/m0/s1. The summed E-state index contributed by atoms with van der Waals surface area (Å²) in [5.74, 6) is 0.135. The number of nitrogens with one attached hydrogen (secondary N) is 1. The first-order chi connectivity index (χ1) is 10.5. The van der Waals surface area contributed by atoms with Gasteiger partial charge < -0.3 is 5.32 Å². The molecule has 1 N–H and O–H groups in total. The van der Waals surface area contributed by atoms with Gasteiger partial charge in [0, 0.05) is 25.1 Å². The van der Waals surface area contributed by atoms with Crippen LogP contribution < -0.4 is 5.32 Å². The zero-order chi connectivity index (χ0) is 16.1. The number of piperidine rings is 1. The van der Waals surface area contributed by atoms with Gasteiger partial charge >= 0.3 is 0 Å². The molecule has 0 radical (unpaired) electrons. The van der Waals surface area contributed by atoms with Crippen LogP contribution in [-0.4, -0.2) is 35.7 Å². The van der Waals surface area contributed by atoms with Crippen LogP contribution in [0.1, 0.15) is 43.7 Å². The second-order valence-electron chi connectivity index (χ2n) is 6.15. The number of carbonyl (C=O) groups is 2. The van der Waals surface area contributed by atoms with Gasteiger partial charge in [-0.15, -0.1) is 0 Å². The Kier molecular flexibility index (Phi) is 5.72. The van der Waals surface area contributed by atoms with Crippen LogP contribution in [0.15, 0.2) is 18.2 Å². The SMILES string of the molecule is CCCCN1CCC(=O)C[C@H]1C(=O)Nc1c(C)cccc1C. The van der Waals surface area contributed by atoms with E-state index in [4.69, 9.17) is 0 Å². The fraction of sp³-hybridized carbons (Fsp3) is 0.556. The third-order valence-electron chi connectivity index (χ3n) is 4.37. The molecule has 0 spiro atoms. The van der Waals surface area contributed by atoms with Gasteiger partial charge in [-0.2, -0.15) is 0 Å². The molecule has 0 saturated carbocycles. The number of ketones is 1. The largest absolute Gasteiger partial charge is 0.324 e. The molecule has 0 unspecified atom stereocenters. The van der Waals surface area contributed by atoms with E-state index in [1.807, 2.05) is 32.0 Å². The van der Waals surface area contributed by atoms with Gasteiger partial charge in [-0.1, -0.05) is 31.5 Å². The molecule has 1 amide bonds. The van der Waals surface area contributed by atoms with E-state index in [2.05, 4.69) is 17.1 Å². The zero-order valence-electron chi connectivity index (χ0n) is 13.8. The number of hydrogen-bond acceptors (Lipinski definition) is 3. The first-order valence-electron chi connectivity index (χ1n) is 8.15. The summed E-state index contributed by atoms with van der Waals surface area (Å²) in [6.45, 7) is 7.70. The van der Waals surface area contributed by atoms with Crippen molar-refractivity contribution in [3.05, 3.63) is 29.3 Å². The van der Waals surface area contributed by atoms with Crippen molar-refractivity contribution in [1.29, 1.82) is 0 Å². The molecule has 1 aromatic carbocycles. The third kappa shape index (κ3) is 3.95. The number of nitrogens with zero attached hydrogens (tertiary/aromatic N) is 1. The van der Waals surface area contributed by atoms with Crippen LogP contribution in [0.25, 0.3) is 0 Å². The van der Waals surface area contributed by atoms with Crippen LogP contribution in [0, 0.1) is 13.8 Å². The maximum absolute atomic E-state index is 12.7. The number of amides is 1. The molecule has 1 heterocycles. The Morgan fingerprint density at radius 2 is 2.00 bits per heavy atom. The number of carbonyl (C=O) groups excluding carboxylic acids is 2. The number of aryl methyl sites for hydroxylation is 2. The summed E-state index contributed by atoms with van der Waals surface area (Å²) >= 11 is 0. The van der Waals surface area contributed by atoms with Crippen LogP contribution in [0.3, 0.4) is 0 Å². The van der Waals surface area contributed by atoms with Gasteiger partial charge in [-0.3, -0.25) is 14.5 Å². The lowest BCUT2D eigenvalue weighted by molar-refractivity contribution is -0.131. The molecule has 1 aromatic rings. The fourth-order valence-corrected chi connectivity index (χ4v) is 2.98. The van der Waals surface area contributed by atoms with Crippen molar-refractivity contribution < 1.29 is 9.59 Å². The highest BCUT2D eigenvalue weighted by Gasteiger charge is 2.32. The van der Waals surface area contributed by atoms with E-state index in [0.717, 1.165) is 36.2 Å². The predicted molar refractivity (Wildman–Crippen MR) is 89.1 cm³/mol. The summed E-state index contributed by atoms with van der Waals surface area (Å²) in [7, 11) is 0. The summed E-state index contributed by atoms with van der Waals surface area (Å²) < 4.78 is 0. The molecule has 1 aliphatic rings. The molecule has 1 saturated heterocycles. The highest BCUT2D eigenvalue weighted by molar-refractivity contribution is 5.99. The van der Waals surface area contributed by atoms with Crippen LogP contribution in [0.2, 0.25) is 0 Å². The summed E-state index contributed by atoms with van der Waals surface area (Å²) in [6, 6.07) is 5.64. The molecule has 1 aliphatic heterocycles. The molecule has 1 atom stereocenters. The zero-order valence-corrected chi connectivity index (χ0v) is 13.8. The van der Waals surface area contributed by atoms with E-state index in [1.54, 1.807) is 0 Å². The number of unbranched alkanes of at least 4 members (excludes halogenated alkanes) is 1. The van der Waals surface area contributed by atoms with Gasteiger partial charge in [0.15, 0.2) is 0 Å². The minimum Gasteiger partial charge on any atom is -0.324 e. The van der Waals surface area contributed by atoms with E-state index in [0.29, 0.717) is 19.4 Å². The van der Waals surface area contributed by atoms with Crippen molar-refractivity contribution in [2.24, 2.45) is 0 Å². The second-order valence-corrected chi connectivity index (χ2v) is 6.15. The smallest absolute Gasteiger partial charge is 0.242 e. The lowest BCUT2D eigenvalue weighted by atomic mass is 9.99. The van der Waals surface area contributed by atoms with Gasteiger partial charge in [0.25, 0.3) is 0 Å². The number of para-hydroxylation sites is 1. The average Bonchev–Trinajstić information content (AvgIpc) is 2.49. The summed E-state index contributed by atoms with van der Waals surface area (Å²) in [4.78, 5) is 26.6. The van der Waals surface area contributed by atoms with Crippen molar-refractivity contribution in [2.45, 2.75) is 52.5 Å². The third-order valence-corrected chi connectivity index (χ3v) is 4.37. The number of rotatable bonds is 5. The number of anilines is 1. The van der Waals surface area contributed by atoms with E-state index in [9.17, 15) is 9.59 Å². The minimum absolute atomic E-state index is 0.0541. The van der Waals surface area contributed by atoms with Gasteiger partial charge in [-0.05, 0) is 37.9 Å². The Balaban J connectivity index is 2.12. The van der Waals surface area contributed by atoms with Crippen LogP contribution in [0.5, 0.6) is 0 Å². The summed E-state index contributed by atoms with van der Waals surface area (Å²) in [5, 5.41) is 3.04. The summed E-state index contributed by atoms with van der Waals surface area (Å²) in [6.07, 6.45) is 3.05. The minimum atomic E-state index is -0.327. The normalized spacial score (nSPS) is 19.2. The fourth-order valence-electron chi connectivity index (χ4n) is 2.98. The van der Waals surface area contributed by atoms with E-state index >= 15 is 0 Å². The molecule has 0 aromatic heterocycles. The van der Waals surface area contributed by atoms with Crippen molar-refractivity contribution >= 4 is 17.4 Å². The monoisotopic (exact) mass is 302 g/mol. The summed E-state index contributed by atoms with van der Waals surface area (Å²) in [5.41, 5.74) is 2.98.